The van der Waals surface area contributed by atoms with Crippen LogP contribution >= 0.6 is 0 Å². The standard InChI is InChI=1S/C43H55N9O6/c1-24(2)35(48-42(55)57-6)40(53)51-18-8-10-33(51)38-44-21-31(45-38)27-14-12-26(13-15-27)28-16-17-30-29(20-28)22-50(5)23-32-37(30)47-39(46-32)34-11-9-19-52(34)41(54)36(25(3)4)49-43(56)58-7/h12-17,20-21,24-25,33-36H,8-11,18-19,22-23H2,1-7H3,(H,44,45)(H,46,47)(H,48,55)(H,49,56)/t33-,34-,35-,36-/m0/s1. The van der Waals surface area contributed by atoms with Gasteiger partial charge in [-0.2, -0.15) is 0 Å². The quantitative estimate of drug-likeness (QED) is 0.146. The summed E-state index contributed by atoms with van der Waals surface area (Å²) in [4.78, 5) is 74.3. The number of hydrogen-bond donors (Lipinski definition) is 4. The summed E-state index contributed by atoms with van der Waals surface area (Å²) in [6.45, 7) is 10.3. The monoisotopic (exact) mass is 793 g/mol. The SMILES string of the molecule is COC(=O)N[C@H](C(=O)N1CCC[C@H]1c1ncc(-c2ccc(-c3ccc4c(c3)CN(C)Cc3[nH]c([C@@H]5CCCN5C(=O)[C@@H](NC(=O)OC)C(C)C)nc3-4)cc2)[nH]1)C(C)C. The van der Waals surface area contributed by atoms with Crippen LogP contribution in [0.2, 0.25) is 0 Å². The molecule has 0 spiro atoms. The number of benzene rings is 2. The molecule has 3 aliphatic heterocycles. The first-order valence-corrected chi connectivity index (χ1v) is 20.2. The van der Waals surface area contributed by atoms with Crippen LogP contribution in [0.4, 0.5) is 9.59 Å². The van der Waals surface area contributed by atoms with Gasteiger partial charge in [0.25, 0.3) is 0 Å². The van der Waals surface area contributed by atoms with Crippen LogP contribution in [-0.4, -0.2) is 105 Å². The summed E-state index contributed by atoms with van der Waals surface area (Å²) in [5.74, 6) is 1.00. The molecule has 15 nitrogen and oxygen atoms in total. The van der Waals surface area contributed by atoms with E-state index in [0.29, 0.717) is 19.6 Å². The molecule has 5 heterocycles. The van der Waals surface area contributed by atoms with E-state index in [4.69, 9.17) is 19.4 Å². The highest BCUT2D eigenvalue weighted by Crippen LogP contribution is 2.39. The lowest BCUT2D eigenvalue weighted by Gasteiger charge is -2.30. The zero-order valence-corrected chi connectivity index (χ0v) is 34.4. The lowest BCUT2D eigenvalue weighted by atomic mass is 9.96. The molecule has 4 N–H and O–H groups in total. The molecule has 4 aromatic rings. The van der Waals surface area contributed by atoms with E-state index in [-0.39, 0.29) is 35.7 Å². The fourth-order valence-corrected chi connectivity index (χ4v) is 8.56. The number of nitrogens with one attached hydrogen (secondary N) is 4. The van der Waals surface area contributed by atoms with Crippen molar-refractivity contribution >= 4 is 24.0 Å². The van der Waals surface area contributed by atoms with Crippen molar-refractivity contribution in [1.82, 2.24) is 45.3 Å². The van der Waals surface area contributed by atoms with Crippen LogP contribution in [0.15, 0.2) is 48.7 Å². The zero-order valence-electron chi connectivity index (χ0n) is 34.4. The lowest BCUT2D eigenvalue weighted by Crippen LogP contribution is -2.51. The van der Waals surface area contributed by atoms with Crippen molar-refractivity contribution < 1.29 is 28.7 Å². The van der Waals surface area contributed by atoms with Gasteiger partial charge in [0.15, 0.2) is 0 Å². The van der Waals surface area contributed by atoms with E-state index in [9.17, 15) is 19.2 Å². The maximum atomic E-state index is 13.8. The second-order valence-electron chi connectivity index (χ2n) is 16.3. The molecule has 7 rings (SSSR count). The van der Waals surface area contributed by atoms with E-state index < -0.39 is 24.3 Å². The number of aromatic nitrogens is 4. The number of nitrogens with zero attached hydrogens (tertiary/aromatic N) is 5. The maximum Gasteiger partial charge on any atom is 0.407 e. The predicted octanol–water partition coefficient (Wildman–Crippen LogP) is 6.17. The van der Waals surface area contributed by atoms with Gasteiger partial charge in [-0.05, 0) is 72.9 Å². The summed E-state index contributed by atoms with van der Waals surface area (Å²) in [6.07, 6.45) is 3.83. The fraction of sp³-hybridized carbons (Fsp3) is 0.488. The number of carbonyl (C=O) groups is 4. The highest BCUT2D eigenvalue weighted by molar-refractivity contribution is 5.87. The van der Waals surface area contributed by atoms with Crippen LogP contribution in [0, 0.1) is 11.8 Å². The van der Waals surface area contributed by atoms with Crippen molar-refractivity contribution in [1.29, 1.82) is 0 Å². The molecule has 3 aliphatic rings. The molecule has 2 aromatic carbocycles. The number of fused-ring (bicyclic) bond motifs is 3. The Morgan fingerprint density at radius 1 is 0.741 bits per heavy atom. The zero-order chi connectivity index (χ0) is 41.2. The van der Waals surface area contributed by atoms with Gasteiger partial charge in [0, 0.05) is 31.7 Å². The van der Waals surface area contributed by atoms with E-state index in [0.717, 1.165) is 88.8 Å². The fourth-order valence-electron chi connectivity index (χ4n) is 8.56. The average Bonchev–Trinajstić information content (AvgIpc) is 4.04. The van der Waals surface area contributed by atoms with Gasteiger partial charge in [0.2, 0.25) is 11.8 Å². The maximum absolute atomic E-state index is 13.8. The van der Waals surface area contributed by atoms with Gasteiger partial charge in [0.05, 0.1) is 49.6 Å². The van der Waals surface area contributed by atoms with Crippen LogP contribution in [0.25, 0.3) is 33.6 Å². The summed E-state index contributed by atoms with van der Waals surface area (Å²) in [6, 6.07) is 13.1. The highest BCUT2D eigenvalue weighted by Gasteiger charge is 2.39. The first-order chi connectivity index (χ1) is 27.9. The Labute approximate surface area is 339 Å². The van der Waals surface area contributed by atoms with Gasteiger partial charge in [-0.1, -0.05) is 64.1 Å². The Bertz CT molecular complexity index is 2140. The molecule has 15 heteroatoms. The number of ether oxygens (including phenoxy) is 2. The third kappa shape index (κ3) is 8.17. The molecular weight excluding hydrogens is 739 g/mol. The predicted molar refractivity (Wildman–Crippen MR) is 218 cm³/mol. The van der Waals surface area contributed by atoms with Crippen LogP contribution in [0.5, 0.6) is 0 Å². The second-order valence-corrected chi connectivity index (χ2v) is 16.3. The number of alkyl carbamates (subject to hydrolysis) is 2. The van der Waals surface area contributed by atoms with Crippen molar-refractivity contribution in [2.45, 2.75) is 90.6 Å². The third-order valence-electron chi connectivity index (χ3n) is 11.6. The van der Waals surface area contributed by atoms with Gasteiger partial charge in [-0.25, -0.2) is 19.6 Å². The Morgan fingerprint density at radius 2 is 1.29 bits per heavy atom. The summed E-state index contributed by atoms with van der Waals surface area (Å²) in [5, 5.41) is 5.43. The van der Waals surface area contributed by atoms with E-state index in [1.807, 2.05) is 43.7 Å². The molecule has 58 heavy (non-hydrogen) atoms. The minimum absolute atomic E-state index is 0.107. The van der Waals surface area contributed by atoms with Crippen molar-refractivity contribution in [3.63, 3.8) is 0 Å². The molecule has 0 radical (unpaired) electrons. The normalized spacial score (nSPS) is 19.1. The number of rotatable bonds is 10. The molecular formula is C43H55N9O6. The molecule has 0 bridgehead atoms. The first kappa shape index (κ1) is 40.5. The van der Waals surface area contributed by atoms with Crippen molar-refractivity contribution in [2.24, 2.45) is 11.8 Å². The topological polar surface area (TPSA) is 178 Å². The van der Waals surface area contributed by atoms with E-state index in [2.05, 4.69) is 75.0 Å². The molecule has 4 amide bonds. The van der Waals surface area contributed by atoms with E-state index >= 15 is 0 Å². The summed E-state index contributed by atoms with van der Waals surface area (Å²) in [5.41, 5.74) is 8.16. The van der Waals surface area contributed by atoms with E-state index in [1.165, 1.54) is 14.2 Å². The first-order valence-electron chi connectivity index (χ1n) is 20.2. The van der Waals surface area contributed by atoms with Crippen molar-refractivity contribution in [2.75, 3.05) is 34.4 Å². The minimum Gasteiger partial charge on any atom is -0.453 e. The number of aromatic amines is 2. The van der Waals surface area contributed by atoms with Gasteiger partial charge in [0.1, 0.15) is 23.7 Å². The molecule has 308 valence electrons. The van der Waals surface area contributed by atoms with Gasteiger partial charge in [-0.15, -0.1) is 0 Å². The van der Waals surface area contributed by atoms with Gasteiger partial charge < -0.3 is 39.9 Å². The summed E-state index contributed by atoms with van der Waals surface area (Å²) in [7, 11) is 4.69. The number of methoxy groups -OCH3 is 2. The molecule has 2 fully saturated rings. The Hall–Kier alpha value is -5.70. The Morgan fingerprint density at radius 3 is 1.86 bits per heavy atom. The lowest BCUT2D eigenvalue weighted by molar-refractivity contribution is -0.136. The van der Waals surface area contributed by atoms with Crippen molar-refractivity contribution in [3.8, 4) is 33.6 Å². The summed E-state index contributed by atoms with van der Waals surface area (Å²) < 4.78 is 9.57. The molecule has 0 saturated carbocycles. The number of amides is 4. The summed E-state index contributed by atoms with van der Waals surface area (Å²) >= 11 is 0. The molecule has 0 unspecified atom stereocenters. The smallest absolute Gasteiger partial charge is 0.407 e. The van der Waals surface area contributed by atoms with Gasteiger partial charge in [-0.3, -0.25) is 14.5 Å². The number of likely N-dealkylation sites (tertiary alicyclic amines) is 2. The third-order valence-corrected chi connectivity index (χ3v) is 11.6. The van der Waals surface area contributed by atoms with Gasteiger partial charge >= 0.3 is 12.2 Å². The Balaban J connectivity index is 1.08. The average molecular weight is 794 g/mol. The molecule has 2 saturated heterocycles. The van der Waals surface area contributed by atoms with Crippen LogP contribution < -0.4 is 10.6 Å². The Kier molecular flexibility index (Phi) is 11.9. The number of carbonyl (C=O) groups excluding carboxylic acids is 4. The number of imidazole rings is 2. The van der Waals surface area contributed by atoms with Crippen molar-refractivity contribution in [3.05, 3.63) is 71.6 Å². The van der Waals surface area contributed by atoms with E-state index in [1.54, 1.807) is 0 Å². The largest absolute Gasteiger partial charge is 0.453 e. The number of hydrogen-bond acceptors (Lipinski definition) is 9. The van der Waals surface area contributed by atoms with Crippen LogP contribution in [0.3, 0.4) is 0 Å². The molecule has 2 aromatic heterocycles. The minimum atomic E-state index is -0.695. The second kappa shape index (κ2) is 17.0. The van der Waals surface area contributed by atoms with Crippen LogP contribution in [-0.2, 0) is 32.2 Å². The number of H-pyrrole nitrogens is 2. The molecule has 4 atom stereocenters. The highest BCUT2D eigenvalue weighted by atomic mass is 16.5. The van der Waals surface area contributed by atoms with Crippen LogP contribution in [0.1, 0.15) is 88.4 Å². The molecule has 0 aliphatic carbocycles.